The van der Waals surface area contributed by atoms with Gasteiger partial charge in [-0.05, 0) is 42.5 Å². The van der Waals surface area contributed by atoms with E-state index in [1.54, 1.807) is 0 Å². The molecule has 0 radical (unpaired) electrons. The van der Waals surface area contributed by atoms with Crippen molar-refractivity contribution in [1.29, 1.82) is 0 Å². The molecule has 30 heavy (non-hydrogen) atoms. The molecule has 1 fully saturated rings. The lowest BCUT2D eigenvalue weighted by Gasteiger charge is -2.27. The number of carbonyl (C=O) groups is 1. The lowest BCUT2D eigenvalue weighted by Crippen LogP contribution is -2.41. The number of halogens is 1. The number of methoxy groups -OCH3 is 1. The van der Waals surface area contributed by atoms with Crippen LogP contribution in [0.3, 0.4) is 0 Å². The van der Waals surface area contributed by atoms with E-state index in [4.69, 9.17) is 9.47 Å². The van der Waals surface area contributed by atoms with Crippen LogP contribution in [0.1, 0.15) is 10.4 Å². The van der Waals surface area contributed by atoms with Crippen molar-refractivity contribution in [2.45, 2.75) is 9.79 Å². The third-order valence-corrected chi connectivity index (χ3v) is 6.82. The number of nitrogens with zero attached hydrogens (tertiary/aromatic N) is 2. The second kappa shape index (κ2) is 8.00. The fourth-order valence-electron chi connectivity index (χ4n) is 3.39. The smallest absolute Gasteiger partial charge is 0.256 e. The summed E-state index contributed by atoms with van der Waals surface area (Å²) in [7, 11) is -2.69. The molecular formula is C21H19FN2O5S. The van der Waals surface area contributed by atoms with Crippen molar-refractivity contribution in [3.8, 4) is 5.75 Å². The molecular weight excluding hydrogens is 411 g/mol. The second-order valence-corrected chi connectivity index (χ2v) is 8.63. The Morgan fingerprint density at radius 3 is 2.50 bits per heavy atom. The van der Waals surface area contributed by atoms with E-state index < -0.39 is 21.6 Å². The van der Waals surface area contributed by atoms with Crippen LogP contribution in [0.2, 0.25) is 0 Å². The highest BCUT2D eigenvalue weighted by molar-refractivity contribution is 7.91. The van der Waals surface area contributed by atoms with Crippen LogP contribution in [0.25, 0.3) is 10.9 Å². The molecule has 9 heteroatoms. The van der Waals surface area contributed by atoms with Gasteiger partial charge in [0.2, 0.25) is 9.84 Å². The van der Waals surface area contributed by atoms with Crippen molar-refractivity contribution in [3.63, 3.8) is 0 Å². The summed E-state index contributed by atoms with van der Waals surface area (Å²) >= 11 is 0. The summed E-state index contributed by atoms with van der Waals surface area (Å²) < 4.78 is 51.6. The topological polar surface area (TPSA) is 85.8 Å². The zero-order valence-corrected chi connectivity index (χ0v) is 17.0. The van der Waals surface area contributed by atoms with Crippen LogP contribution in [0.5, 0.6) is 5.75 Å². The van der Waals surface area contributed by atoms with Gasteiger partial charge in [-0.25, -0.2) is 12.8 Å². The largest absolute Gasteiger partial charge is 0.497 e. The van der Waals surface area contributed by atoms with Crippen molar-refractivity contribution in [1.82, 2.24) is 9.88 Å². The van der Waals surface area contributed by atoms with Crippen LogP contribution in [0, 0.1) is 5.82 Å². The first-order valence-corrected chi connectivity index (χ1v) is 10.7. The van der Waals surface area contributed by atoms with Gasteiger partial charge in [-0.3, -0.25) is 9.78 Å². The van der Waals surface area contributed by atoms with E-state index in [1.165, 1.54) is 54.6 Å². The predicted molar refractivity (Wildman–Crippen MR) is 107 cm³/mol. The van der Waals surface area contributed by atoms with E-state index in [1.807, 2.05) is 0 Å². The first-order valence-electron chi connectivity index (χ1n) is 9.26. The fourth-order valence-corrected chi connectivity index (χ4v) is 5.00. The van der Waals surface area contributed by atoms with E-state index in [2.05, 4.69) is 4.98 Å². The number of morpholine rings is 1. The molecule has 1 saturated heterocycles. The minimum atomic E-state index is -4.16. The van der Waals surface area contributed by atoms with E-state index in [0.717, 1.165) is 6.07 Å². The fraction of sp³-hybridized carbons (Fsp3) is 0.238. The maximum Gasteiger partial charge on any atom is 0.256 e. The number of rotatable bonds is 4. The quantitative estimate of drug-likeness (QED) is 0.633. The maximum atomic E-state index is 14.0. The molecule has 1 aliphatic rings. The number of benzene rings is 2. The molecule has 0 saturated carbocycles. The van der Waals surface area contributed by atoms with Gasteiger partial charge in [-0.2, -0.15) is 0 Å². The number of hydrogen-bond acceptors (Lipinski definition) is 6. The Morgan fingerprint density at radius 2 is 1.83 bits per heavy atom. The summed E-state index contributed by atoms with van der Waals surface area (Å²) in [5.74, 6) is -0.611. The number of ether oxygens (including phenoxy) is 2. The van der Waals surface area contributed by atoms with Crippen LogP contribution < -0.4 is 4.74 Å². The van der Waals surface area contributed by atoms with Crippen LogP contribution >= 0.6 is 0 Å². The SMILES string of the molecule is COc1ccc(S(=O)(=O)c2c(C(=O)N3CCOCC3)cnc3ccc(F)cc23)cc1. The third kappa shape index (κ3) is 3.61. The van der Waals surface area contributed by atoms with Gasteiger partial charge < -0.3 is 14.4 Å². The molecule has 3 aromatic rings. The third-order valence-electron chi connectivity index (χ3n) is 4.95. The van der Waals surface area contributed by atoms with Crippen molar-refractivity contribution in [2.75, 3.05) is 33.4 Å². The number of pyridine rings is 1. The molecule has 4 rings (SSSR count). The summed E-state index contributed by atoms with van der Waals surface area (Å²) in [4.78, 5) is 18.6. The molecule has 2 aromatic carbocycles. The second-order valence-electron chi connectivity index (χ2n) is 6.75. The number of sulfone groups is 1. The molecule has 7 nitrogen and oxygen atoms in total. The van der Waals surface area contributed by atoms with E-state index in [-0.39, 0.29) is 26.3 Å². The standard InChI is InChI=1S/C21H19FN2O5S/c1-28-15-3-5-16(6-4-15)30(26,27)20-17-12-14(22)2-7-19(17)23-13-18(20)21(25)24-8-10-29-11-9-24/h2-7,12-13H,8-11H2,1H3. The van der Waals surface area contributed by atoms with Crippen LogP contribution in [-0.4, -0.2) is 57.6 Å². The lowest BCUT2D eigenvalue weighted by atomic mass is 10.1. The summed E-state index contributed by atoms with van der Waals surface area (Å²) in [6.07, 6.45) is 1.24. The average Bonchev–Trinajstić information content (AvgIpc) is 2.78. The minimum absolute atomic E-state index is 0.0314. The lowest BCUT2D eigenvalue weighted by molar-refractivity contribution is 0.0300. The number of aromatic nitrogens is 1. The van der Waals surface area contributed by atoms with Crippen LogP contribution in [0.15, 0.2) is 58.5 Å². The zero-order valence-electron chi connectivity index (χ0n) is 16.2. The maximum absolute atomic E-state index is 14.0. The highest BCUT2D eigenvalue weighted by Crippen LogP contribution is 2.32. The number of amides is 1. The van der Waals surface area contributed by atoms with Crippen LogP contribution in [-0.2, 0) is 14.6 Å². The average molecular weight is 430 g/mol. The monoisotopic (exact) mass is 430 g/mol. The van der Waals surface area contributed by atoms with Gasteiger partial charge in [-0.15, -0.1) is 0 Å². The van der Waals surface area contributed by atoms with Crippen molar-refractivity contribution >= 4 is 26.6 Å². The van der Waals surface area contributed by atoms with E-state index in [0.29, 0.717) is 32.1 Å². The predicted octanol–water partition coefficient (Wildman–Crippen LogP) is 2.69. The first-order chi connectivity index (χ1) is 14.4. The Balaban J connectivity index is 1.94. The van der Waals surface area contributed by atoms with E-state index >= 15 is 0 Å². The van der Waals surface area contributed by atoms with Crippen LogP contribution in [0.4, 0.5) is 4.39 Å². The Morgan fingerprint density at radius 1 is 1.13 bits per heavy atom. The van der Waals surface area contributed by atoms with Gasteiger partial charge in [0.05, 0.1) is 41.2 Å². The Bertz CT molecular complexity index is 1210. The highest BCUT2D eigenvalue weighted by atomic mass is 32.2. The number of fused-ring (bicyclic) bond motifs is 1. The molecule has 1 amide bonds. The zero-order chi connectivity index (χ0) is 21.3. The van der Waals surface area contributed by atoms with Gasteiger partial charge in [0.1, 0.15) is 11.6 Å². The molecule has 1 aliphatic heterocycles. The Kier molecular flexibility index (Phi) is 5.40. The van der Waals surface area contributed by atoms with Crippen molar-refractivity contribution in [2.24, 2.45) is 0 Å². The molecule has 2 heterocycles. The normalized spacial score (nSPS) is 14.7. The Labute approximate surface area is 173 Å². The molecule has 0 unspecified atom stereocenters. The van der Waals surface area contributed by atoms with E-state index in [9.17, 15) is 17.6 Å². The molecule has 0 aliphatic carbocycles. The molecule has 156 valence electrons. The first kappa shape index (κ1) is 20.2. The minimum Gasteiger partial charge on any atom is -0.497 e. The summed E-state index contributed by atoms with van der Waals surface area (Å²) in [5, 5.41) is 0.0601. The summed E-state index contributed by atoms with van der Waals surface area (Å²) in [6, 6.07) is 9.49. The van der Waals surface area contributed by atoms with Gasteiger partial charge >= 0.3 is 0 Å². The Hall–Kier alpha value is -3.04. The van der Waals surface area contributed by atoms with Gasteiger partial charge in [0.25, 0.3) is 5.91 Å². The van der Waals surface area contributed by atoms with Gasteiger partial charge in [0.15, 0.2) is 0 Å². The summed E-state index contributed by atoms with van der Waals surface area (Å²) in [6.45, 7) is 1.40. The van der Waals surface area contributed by atoms with Crippen molar-refractivity contribution < 1.29 is 27.1 Å². The van der Waals surface area contributed by atoms with Crippen molar-refractivity contribution in [3.05, 3.63) is 60.0 Å². The number of carbonyl (C=O) groups excluding carboxylic acids is 1. The van der Waals surface area contributed by atoms with Gasteiger partial charge in [-0.1, -0.05) is 0 Å². The number of hydrogen-bond donors (Lipinski definition) is 0. The molecule has 0 N–H and O–H groups in total. The molecule has 0 bridgehead atoms. The van der Waals surface area contributed by atoms with Gasteiger partial charge in [0, 0.05) is 24.7 Å². The molecule has 0 spiro atoms. The summed E-state index contributed by atoms with van der Waals surface area (Å²) in [5.41, 5.74) is 0.188. The highest BCUT2D eigenvalue weighted by Gasteiger charge is 2.31. The molecule has 0 atom stereocenters. The molecule has 1 aromatic heterocycles.